The van der Waals surface area contributed by atoms with Gasteiger partial charge in [-0.15, -0.1) is 0 Å². The van der Waals surface area contributed by atoms with E-state index in [1.54, 1.807) is 18.3 Å². The molecule has 3 aromatic rings. The molecule has 0 aliphatic rings. The molecule has 2 heterocycles. The lowest BCUT2D eigenvalue weighted by atomic mass is 10.2. The van der Waals surface area contributed by atoms with Crippen molar-refractivity contribution in [2.24, 2.45) is 0 Å². The number of H-pyrrole nitrogens is 1. The fourth-order valence-electron chi connectivity index (χ4n) is 2.34. The van der Waals surface area contributed by atoms with Crippen LogP contribution in [0.1, 0.15) is 20.8 Å². The maximum Gasteiger partial charge on any atom is 0.222 e. The van der Waals surface area contributed by atoms with Crippen molar-refractivity contribution >= 4 is 22.6 Å². The van der Waals surface area contributed by atoms with Crippen molar-refractivity contribution in [1.82, 2.24) is 9.97 Å². The Labute approximate surface area is 139 Å². The molecule has 0 aliphatic carbocycles. The molecule has 2 aromatic heterocycles. The zero-order valence-electron chi connectivity index (χ0n) is 13.8. The summed E-state index contributed by atoms with van der Waals surface area (Å²) < 4.78 is 11.8. The number of nitrogens with one attached hydrogen (secondary N) is 2. The van der Waals surface area contributed by atoms with Crippen LogP contribution in [0.25, 0.3) is 10.9 Å². The highest BCUT2D eigenvalue weighted by Gasteiger charge is 2.12. The summed E-state index contributed by atoms with van der Waals surface area (Å²) in [4.78, 5) is 18.4. The number of aromatic amines is 1. The van der Waals surface area contributed by atoms with Gasteiger partial charge in [0.05, 0.1) is 6.10 Å². The molecule has 0 saturated heterocycles. The van der Waals surface area contributed by atoms with Crippen LogP contribution in [0.5, 0.6) is 17.2 Å². The molecule has 0 aliphatic heterocycles. The lowest BCUT2D eigenvalue weighted by Gasteiger charge is -2.15. The molecule has 6 heteroatoms. The van der Waals surface area contributed by atoms with E-state index in [0.717, 1.165) is 10.9 Å². The first-order chi connectivity index (χ1) is 11.5. The molecule has 0 atom stereocenters. The van der Waals surface area contributed by atoms with Crippen LogP contribution in [0.15, 0.2) is 42.7 Å². The molecule has 0 saturated carbocycles. The number of ether oxygens (including phenoxy) is 2. The lowest BCUT2D eigenvalue weighted by molar-refractivity contribution is -0.114. The summed E-state index contributed by atoms with van der Waals surface area (Å²) in [6, 6.07) is 9.20. The number of pyridine rings is 1. The molecule has 3 rings (SSSR count). The van der Waals surface area contributed by atoms with E-state index >= 15 is 0 Å². The van der Waals surface area contributed by atoms with Gasteiger partial charge in [-0.3, -0.25) is 4.79 Å². The van der Waals surface area contributed by atoms with Crippen LogP contribution in [0.2, 0.25) is 0 Å². The van der Waals surface area contributed by atoms with Gasteiger partial charge in [-0.25, -0.2) is 4.98 Å². The van der Waals surface area contributed by atoms with E-state index in [0.29, 0.717) is 23.1 Å². The Hall–Kier alpha value is -3.02. The molecule has 0 unspecified atom stereocenters. The van der Waals surface area contributed by atoms with Gasteiger partial charge in [-0.2, -0.15) is 0 Å². The summed E-state index contributed by atoms with van der Waals surface area (Å²) >= 11 is 0. The number of hydrogen-bond acceptors (Lipinski definition) is 4. The molecule has 2 N–H and O–H groups in total. The lowest BCUT2D eigenvalue weighted by Crippen LogP contribution is -2.07. The standard InChI is InChI=1S/C18H19N3O3/c1-11(2)23-17-10-15-13(4-6-19-15)8-16(17)24-14-5-7-20-18(9-14)21-12(3)22/h4-11,19H,1-3H3,(H,20,21,22). The van der Waals surface area contributed by atoms with Gasteiger partial charge in [0, 0.05) is 42.4 Å². The summed E-state index contributed by atoms with van der Waals surface area (Å²) in [5.74, 6) is 2.08. The van der Waals surface area contributed by atoms with E-state index in [9.17, 15) is 4.79 Å². The summed E-state index contributed by atoms with van der Waals surface area (Å²) in [5, 5.41) is 3.66. The van der Waals surface area contributed by atoms with Crippen LogP contribution in [-0.2, 0) is 4.79 Å². The zero-order valence-corrected chi connectivity index (χ0v) is 13.8. The smallest absolute Gasteiger partial charge is 0.222 e. The van der Waals surface area contributed by atoms with Gasteiger partial charge in [0.2, 0.25) is 5.91 Å². The van der Waals surface area contributed by atoms with Gasteiger partial charge in [-0.05, 0) is 32.0 Å². The number of rotatable bonds is 5. The highest BCUT2D eigenvalue weighted by molar-refractivity contribution is 5.87. The number of fused-ring (bicyclic) bond motifs is 1. The average Bonchev–Trinajstić information content (AvgIpc) is 2.93. The first-order valence-electron chi connectivity index (χ1n) is 7.70. The Morgan fingerprint density at radius 2 is 2.04 bits per heavy atom. The summed E-state index contributed by atoms with van der Waals surface area (Å²) in [7, 11) is 0. The quantitative estimate of drug-likeness (QED) is 0.740. The highest BCUT2D eigenvalue weighted by Crippen LogP contribution is 2.36. The maximum atomic E-state index is 11.2. The minimum atomic E-state index is -0.183. The molecule has 24 heavy (non-hydrogen) atoms. The van der Waals surface area contributed by atoms with Gasteiger partial charge >= 0.3 is 0 Å². The molecule has 1 aromatic carbocycles. The monoisotopic (exact) mass is 325 g/mol. The topological polar surface area (TPSA) is 76.2 Å². The molecule has 0 bridgehead atoms. The normalized spacial score (nSPS) is 10.8. The van der Waals surface area contributed by atoms with Crippen LogP contribution >= 0.6 is 0 Å². The van der Waals surface area contributed by atoms with Gasteiger partial charge in [0.15, 0.2) is 11.5 Å². The second-order valence-electron chi connectivity index (χ2n) is 5.69. The van der Waals surface area contributed by atoms with Gasteiger partial charge < -0.3 is 19.8 Å². The van der Waals surface area contributed by atoms with E-state index < -0.39 is 0 Å². The second-order valence-corrected chi connectivity index (χ2v) is 5.69. The van der Waals surface area contributed by atoms with E-state index in [1.165, 1.54) is 6.92 Å². The Morgan fingerprint density at radius 3 is 2.79 bits per heavy atom. The van der Waals surface area contributed by atoms with Gasteiger partial charge in [0.25, 0.3) is 0 Å². The Morgan fingerprint density at radius 1 is 1.21 bits per heavy atom. The number of amides is 1. The zero-order chi connectivity index (χ0) is 17.1. The number of carbonyl (C=O) groups is 1. The summed E-state index contributed by atoms with van der Waals surface area (Å²) in [6.07, 6.45) is 3.47. The number of nitrogens with zero attached hydrogens (tertiary/aromatic N) is 1. The Kier molecular flexibility index (Phi) is 4.37. The predicted octanol–water partition coefficient (Wildman–Crippen LogP) is 4.10. The first kappa shape index (κ1) is 15.9. The van der Waals surface area contributed by atoms with E-state index in [4.69, 9.17) is 9.47 Å². The largest absolute Gasteiger partial charge is 0.487 e. The van der Waals surface area contributed by atoms with E-state index in [-0.39, 0.29) is 12.0 Å². The third-order valence-electron chi connectivity index (χ3n) is 3.24. The van der Waals surface area contributed by atoms with Crippen molar-refractivity contribution in [3.63, 3.8) is 0 Å². The number of carbonyl (C=O) groups excluding carboxylic acids is 1. The van der Waals surface area contributed by atoms with Crippen molar-refractivity contribution < 1.29 is 14.3 Å². The van der Waals surface area contributed by atoms with Crippen molar-refractivity contribution in [2.45, 2.75) is 26.9 Å². The van der Waals surface area contributed by atoms with Crippen molar-refractivity contribution in [1.29, 1.82) is 0 Å². The molecule has 6 nitrogen and oxygen atoms in total. The predicted molar refractivity (Wildman–Crippen MR) is 92.7 cm³/mol. The second kappa shape index (κ2) is 6.62. The summed E-state index contributed by atoms with van der Waals surface area (Å²) in [6.45, 7) is 5.36. The molecular weight excluding hydrogens is 306 g/mol. The number of benzene rings is 1. The third-order valence-corrected chi connectivity index (χ3v) is 3.24. The minimum Gasteiger partial charge on any atom is -0.487 e. The molecule has 0 radical (unpaired) electrons. The van der Waals surface area contributed by atoms with Crippen molar-refractivity contribution in [2.75, 3.05) is 5.32 Å². The minimum absolute atomic E-state index is 0.0205. The van der Waals surface area contributed by atoms with Crippen LogP contribution < -0.4 is 14.8 Å². The number of aromatic nitrogens is 2. The fourth-order valence-corrected chi connectivity index (χ4v) is 2.34. The SMILES string of the molecule is CC(=O)Nc1cc(Oc2cc3cc[nH]c3cc2OC(C)C)ccn1. The van der Waals surface area contributed by atoms with Crippen LogP contribution in [0, 0.1) is 0 Å². The molecule has 0 fully saturated rings. The first-order valence-corrected chi connectivity index (χ1v) is 7.70. The van der Waals surface area contributed by atoms with Gasteiger partial charge in [-0.1, -0.05) is 0 Å². The molecular formula is C18H19N3O3. The van der Waals surface area contributed by atoms with E-state index in [1.807, 2.05) is 38.2 Å². The molecule has 124 valence electrons. The Balaban J connectivity index is 1.94. The molecule has 0 spiro atoms. The molecule has 1 amide bonds. The summed E-state index contributed by atoms with van der Waals surface area (Å²) in [5.41, 5.74) is 0.978. The van der Waals surface area contributed by atoms with Crippen molar-refractivity contribution in [3.8, 4) is 17.2 Å². The fraction of sp³-hybridized carbons (Fsp3) is 0.222. The van der Waals surface area contributed by atoms with Crippen LogP contribution in [0.4, 0.5) is 5.82 Å². The number of anilines is 1. The Bertz CT molecular complexity index is 871. The van der Waals surface area contributed by atoms with Crippen molar-refractivity contribution in [3.05, 3.63) is 42.7 Å². The number of hydrogen-bond donors (Lipinski definition) is 2. The van der Waals surface area contributed by atoms with E-state index in [2.05, 4.69) is 15.3 Å². The third kappa shape index (κ3) is 3.65. The van der Waals surface area contributed by atoms with Crippen LogP contribution in [0.3, 0.4) is 0 Å². The van der Waals surface area contributed by atoms with Crippen LogP contribution in [-0.4, -0.2) is 22.0 Å². The maximum absolute atomic E-state index is 11.2. The highest BCUT2D eigenvalue weighted by atomic mass is 16.5. The van der Waals surface area contributed by atoms with Gasteiger partial charge in [0.1, 0.15) is 11.6 Å². The average molecular weight is 325 g/mol.